The molecule has 0 aliphatic rings. The number of rotatable bonds is 1. The molecule has 1 aromatic carbocycles. The van der Waals surface area contributed by atoms with Crippen LogP contribution in [0.2, 0.25) is 0 Å². The first kappa shape index (κ1) is 8.68. The van der Waals surface area contributed by atoms with E-state index in [1.807, 2.05) is 28.7 Å². The van der Waals surface area contributed by atoms with Crippen LogP contribution in [0.1, 0.15) is 0 Å². The molecule has 0 saturated heterocycles. The van der Waals surface area contributed by atoms with Crippen molar-refractivity contribution >= 4 is 22.6 Å². The maximum Gasteiger partial charge on any atom is 0.162 e. The lowest BCUT2D eigenvalue weighted by Crippen LogP contribution is -1.99. The zero-order valence-electron chi connectivity index (χ0n) is 6.61. The Labute approximate surface area is 88.5 Å². The van der Waals surface area contributed by atoms with Crippen LogP contribution in [0.4, 0.5) is 4.39 Å². The minimum absolute atomic E-state index is 0.230. The molecule has 4 heteroatoms. The van der Waals surface area contributed by atoms with E-state index in [0.29, 0.717) is 9.26 Å². The predicted octanol–water partition coefficient (Wildman–Crippen LogP) is 2.62. The van der Waals surface area contributed by atoms with Gasteiger partial charge in [-0.15, -0.1) is 0 Å². The fourth-order valence-corrected chi connectivity index (χ4v) is 1.56. The highest BCUT2D eigenvalue weighted by molar-refractivity contribution is 14.1. The van der Waals surface area contributed by atoms with Crippen LogP contribution >= 0.6 is 22.6 Å². The molecule has 0 aliphatic carbocycles. The molecule has 0 spiro atoms. The second kappa shape index (κ2) is 3.45. The van der Waals surface area contributed by atoms with Crippen LogP contribution in [0.5, 0.6) is 0 Å². The van der Waals surface area contributed by atoms with Crippen LogP contribution in [0.25, 0.3) is 5.69 Å². The third-order valence-corrected chi connectivity index (χ3v) is 2.52. The van der Waals surface area contributed by atoms with E-state index in [4.69, 9.17) is 0 Å². The summed E-state index contributed by atoms with van der Waals surface area (Å²) >= 11 is 1.96. The summed E-state index contributed by atoms with van der Waals surface area (Å²) in [5.41, 5.74) is 0.483. The van der Waals surface area contributed by atoms with Crippen LogP contribution in [-0.2, 0) is 0 Å². The van der Waals surface area contributed by atoms with Gasteiger partial charge in [0.25, 0.3) is 0 Å². The SMILES string of the molecule is Fc1c(I)cccc1-n1cccn1. The summed E-state index contributed by atoms with van der Waals surface area (Å²) in [7, 11) is 0. The topological polar surface area (TPSA) is 17.8 Å². The average Bonchev–Trinajstić information content (AvgIpc) is 2.62. The Morgan fingerprint density at radius 1 is 1.31 bits per heavy atom. The van der Waals surface area contributed by atoms with Gasteiger partial charge in [0.05, 0.1) is 3.57 Å². The molecule has 2 nitrogen and oxygen atoms in total. The largest absolute Gasteiger partial charge is 0.238 e. The molecule has 1 heterocycles. The van der Waals surface area contributed by atoms with Crippen molar-refractivity contribution in [2.75, 3.05) is 0 Å². The maximum absolute atomic E-state index is 13.5. The van der Waals surface area contributed by atoms with Crippen LogP contribution in [0.15, 0.2) is 36.7 Å². The summed E-state index contributed by atoms with van der Waals surface area (Å²) in [6.07, 6.45) is 3.34. The van der Waals surface area contributed by atoms with E-state index in [1.54, 1.807) is 30.6 Å². The first-order valence-corrected chi connectivity index (χ1v) is 4.81. The van der Waals surface area contributed by atoms with E-state index < -0.39 is 0 Å². The number of halogens is 2. The van der Waals surface area contributed by atoms with E-state index in [1.165, 1.54) is 4.68 Å². The molecule has 0 amide bonds. The van der Waals surface area contributed by atoms with Crippen molar-refractivity contribution in [1.29, 1.82) is 0 Å². The lowest BCUT2D eigenvalue weighted by molar-refractivity contribution is 0.604. The van der Waals surface area contributed by atoms with Crippen molar-refractivity contribution in [2.45, 2.75) is 0 Å². The van der Waals surface area contributed by atoms with Gasteiger partial charge in [0.2, 0.25) is 0 Å². The average molecular weight is 288 g/mol. The van der Waals surface area contributed by atoms with Crippen LogP contribution < -0.4 is 0 Å². The molecule has 0 unspecified atom stereocenters. The van der Waals surface area contributed by atoms with Gasteiger partial charge in [-0.05, 0) is 40.8 Å². The summed E-state index contributed by atoms with van der Waals surface area (Å²) in [5.74, 6) is -0.230. The Morgan fingerprint density at radius 3 is 2.85 bits per heavy atom. The lowest BCUT2D eigenvalue weighted by Gasteiger charge is -2.03. The molecule has 2 rings (SSSR count). The van der Waals surface area contributed by atoms with E-state index >= 15 is 0 Å². The Morgan fingerprint density at radius 2 is 2.15 bits per heavy atom. The zero-order chi connectivity index (χ0) is 9.26. The molecule has 0 N–H and O–H groups in total. The van der Waals surface area contributed by atoms with E-state index in [2.05, 4.69) is 5.10 Å². The van der Waals surface area contributed by atoms with Gasteiger partial charge in [0.15, 0.2) is 5.82 Å². The van der Waals surface area contributed by atoms with Gasteiger partial charge in [-0.2, -0.15) is 5.10 Å². The highest BCUT2D eigenvalue weighted by Crippen LogP contribution is 2.17. The van der Waals surface area contributed by atoms with Gasteiger partial charge < -0.3 is 0 Å². The fraction of sp³-hybridized carbons (Fsp3) is 0. The van der Waals surface area contributed by atoms with E-state index in [-0.39, 0.29) is 5.82 Å². The van der Waals surface area contributed by atoms with Gasteiger partial charge >= 0.3 is 0 Å². The molecule has 1 aromatic heterocycles. The van der Waals surface area contributed by atoms with Crippen molar-refractivity contribution in [3.05, 3.63) is 46.0 Å². The summed E-state index contributed by atoms with van der Waals surface area (Å²) < 4.78 is 15.6. The summed E-state index contributed by atoms with van der Waals surface area (Å²) in [6.45, 7) is 0. The third kappa shape index (κ3) is 1.58. The Bertz CT molecular complexity index is 412. The minimum Gasteiger partial charge on any atom is -0.238 e. The Hall–Kier alpha value is -0.910. The monoisotopic (exact) mass is 288 g/mol. The zero-order valence-corrected chi connectivity index (χ0v) is 8.77. The molecule has 66 valence electrons. The smallest absolute Gasteiger partial charge is 0.162 e. The third-order valence-electron chi connectivity index (χ3n) is 1.68. The van der Waals surface area contributed by atoms with Crippen LogP contribution in [0, 0.1) is 9.39 Å². The summed E-state index contributed by atoms with van der Waals surface area (Å²) in [5, 5.41) is 3.96. The molecular formula is C9H6FIN2. The normalized spacial score (nSPS) is 10.3. The number of aromatic nitrogens is 2. The van der Waals surface area contributed by atoms with Gasteiger partial charge in [0.1, 0.15) is 5.69 Å². The second-order valence-electron chi connectivity index (χ2n) is 2.52. The molecule has 0 saturated carbocycles. The van der Waals surface area contributed by atoms with Crippen LogP contribution in [0.3, 0.4) is 0 Å². The molecule has 2 aromatic rings. The molecule has 0 aliphatic heterocycles. The number of hydrogen-bond acceptors (Lipinski definition) is 1. The van der Waals surface area contributed by atoms with Gasteiger partial charge in [-0.3, -0.25) is 0 Å². The maximum atomic E-state index is 13.5. The van der Waals surface area contributed by atoms with Crippen molar-refractivity contribution in [3.8, 4) is 5.69 Å². The summed E-state index contributed by atoms with van der Waals surface area (Å²) in [6, 6.07) is 6.99. The number of nitrogens with zero attached hydrogens (tertiary/aromatic N) is 2. The van der Waals surface area contributed by atoms with Crippen molar-refractivity contribution in [2.24, 2.45) is 0 Å². The first-order chi connectivity index (χ1) is 6.29. The molecule has 13 heavy (non-hydrogen) atoms. The Balaban J connectivity index is 2.59. The van der Waals surface area contributed by atoms with Crippen molar-refractivity contribution < 1.29 is 4.39 Å². The molecule has 0 fully saturated rings. The van der Waals surface area contributed by atoms with Gasteiger partial charge in [-0.1, -0.05) is 6.07 Å². The molecule has 0 radical (unpaired) electrons. The highest BCUT2D eigenvalue weighted by Gasteiger charge is 2.06. The van der Waals surface area contributed by atoms with Gasteiger partial charge in [-0.25, -0.2) is 9.07 Å². The fourth-order valence-electron chi connectivity index (χ4n) is 1.08. The van der Waals surface area contributed by atoms with Crippen LogP contribution in [-0.4, -0.2) is 9.78 Å². The second-order valence-corrected chi connectivity index (χ2v) is 3.69. The minimum atomic E-state index is -0.230. The van der Waals surface area contributed by atoms with Crippen molar-refractivity contribution in [3.63, 3.8) is 0 Å². The van der Waals surface area contributed by atoms with Crippen molar-refractivity contribution in [1.82, 2.24) is 9.78 Å². The molecule has 0 atom stereocenters. The highest BCUT2D eigenvalue weighted by atomic mass is 127. The Kier molecular flexibility index (Phi) is 2.30. The summed E-state index contributed by atoms with van der Waals surface area (Å²) in [4.78, 5) is 0. The number of benzene rings is 1. The number of hydrogen-bond donors (Lipinski definition) is 0. The van der Waals surface area contributed by atoms with E-state index in [9.17, 15) is 4.39 Å². The standard InChI is InChI=1S/C9H6FIN2/c10-9-7(11)3-1-4-8(9)13-6-2-5-12-13/h1-6H. The predicted molar refractivity (Wildman–Crippen MR) is 56.2 cm³/mol. The van der Waals surface area contributed by atoms with E-state index in [0.717, 1.165) is 0 Å². The lowest BCUT2D eigenvalue weighted by atomic mass is 10.3. The quantitative estimate of drug-likeness (QED) is 0.738. The molecular weight excluding hydrogens is 282 g/mol. The molecule has 0 bridgehead atoms. The first-order valence-electron chi connectivity index (χ1n) is 3.73. The van der Waals surface area contributed by atoms with Gasteiger partial charge in [0, 0.05) is 12.4 Å².